The minimum absolute atomic E-state index is 0.00482. The van der Waals surface area contributed by atoms with Crippen LogP contribution in [0.25, 0.3) is 6.08 Å². The van der Waals surface area contributed by atoms with Crippen molar-refractivity contribution in [2.24, 2.45) is 11.1 Å². The summed E-state index contributed by atoms with van der Waals surface area (Å²) in [4.78, 5) is 92.6. The highest BCUT2D eigenvalue weighted by Crippen LogP contribution is 2.30. The summed E-state index contributed by atoms with van der Waals surface area (Å²) in [6, 6.07) is 18.4. The quantitative estimate of drug-likeness (QED) is 0.128. The molecule has 14 nitrogen and oxygen atoms in total. The zero-order valence-electron chi connectivity index (χ0n) is 30.7. The summed E-state index contributed by atoms with van der Waals surface area (Å²) in [5.41, 5.74) is 4.47. The van der Waals surface area contributed by atoms with E-state index in [1.807, 2.05) is 30.3 Å². The third-order valence-corrected chi connectivity index (χ3v) is 9.36. The molecule has 1 fully saturated rings. The van der Waals surface area contributed by atoms with Gasteiger partial charge in [0.15, 0.2) is 5.41 Å². The smallest absolute Gasteiger partial charge is 0.325 e. The SMILES string of the molecule is CC(=O)N[C@@H]1C[C@@H](C(=O)N(Cc2ccccc2)c2ccc(C(N)=O)cc2)N(C(=O)[C@@H](NC(=O)/C=C/c2ccc(C(C)(C(=O)O)C(=O)O)cc2)C(C)(C)C)C1. The Bertz CT molecular complexity index is 1920. The van der Waals surface area contributed by atoms with E-state index < -0.39 is 64.5 Å². The highest BCUT2D eigenvalue weighted by molar-refractivity contribution is 6.04. The van der Waals surface area contributed by atoms with Gasteiger partial charge in [-0.05, 0) is 65.8 Å². The molecule has 3 aromatic carbocycles. The van der Waals surface area contributed by atoms with Crippen LogP contribution in [0.1, 0.15) is 68.1 Å². The third kappa shape index (κ3) is 9.37. The van der Waals surface area contributed by atoms with Crippen molar-refractivity contribution in [3.8, 4) is 0 Å². The Balaban J connectivity index is 1.62. The van der Waals surface area contributed by atoms with E-state index in [-0.39, 0.29) is 36.5 Å². The molecule has 0 aromatic heterocycles. The van der Waals surface area contributed by atoms with Gasteiger partial charge in [0.1, 0.15) is 12.1 Å². The molecule has 0 aliphatic carbocycles. The topological polar surface area (TPSA) is 217 Å². The molecule has 3 atom stereocenters. The second kappa shape index (κ2) is 16.6. The van der Waals surface area contributed by atoms with Gasteiger partial charge in [-0.2, -0.15) is 0 Å². The van der Waals surface area contributed by atoms with Crippen molar-refractivity contribution >= 4 is 53.2 Å². The molecule has 1 aliphatic rings. The lowest BCUT2D eigenvalue weighted by atomic mass is 9.82. The number of carbonyl (C=O) groups excluding carboxylic acids is 5. The van der Waals surface area contributed by atoms with E-state index in [0.29, 0.717) is 11.3 Å². The van der Waals surface area contributed by atoms with E-state index in [4.69, 9.17) is 5.73 Å². The third-order valence-electron chi connectivity index (χ3n) is 9.36. The van der Waals surface area contributed by atoms with E-state index in [9.17, 15) is 43.8 Å². The Hall–Kier alpha value is -6.31. The van der Waals surface area contributed by atoms with Crippen LogP contribution >= 0.6 is 0 Å². The van der Waals surface area contributed by atoms with Crippen molar-refractivity contribution in [2.45, 2.75) is 71.1 Å². The van der Waals surface area contributed by atoms with Gasteiger partial charge < -0.3 is 36.4 Å². The first-order valence-electron chi connectivity index (χ1n) is 17.2. The molecule has 1 saturated heterocycles. The van der Waals surface area contributed by atoms with Crippen molar-refractivity contribution in [3.63, 3.8) is 0 Å². The van der Waals surface area contributed by atoms with E-state index in [1.165, 1.54) is 65.3 Å². The van der Waals surface area contributed by atoms with Crippen LogP contribution in [0.4, 0.5) is 5.69 Å². The molecule has 0 radical (unpaired) electrons. The standard InChI is InChI=1S/C40H45N5O9/c1-24(46)42-29-21-31(35(49)44(22-26-9-7-6-8-10-26)30-18-14-27(15-19-30)34(41)48)45(23-29)36(50)33(39(2,3)4)43-32(47)20-13-25-11-16-28(17-12-25)40(5,37(51)52)38(53)54/h6-20,29,31,33H,21-23H2,1-5H3,(H2,41,48)(H,42,46)(H,43,47)(H,51,52)(H,53,54)/b20-13+/t29-,31+,33-/m1/s1. The number of nitrogens with zero attached hydrogens (tertiary/aromatic N) is 2. The lowest BCUT2D eigenvalue weighted by molar-refractivity contribution is -0.156. The molecular weight excluding hydrogens is 694 g/mol. The predicted octanol–water partition coefficient (Wildman–Crippen LogP) is 3.10. The Kier molecular flexibility index (Phi) is 12.4. The van der Waals surface area contributed by atoms with Gasteiger partial charge in [0.25, 0.3) is 0 Å². The van der Waals surface area contributed by atoms with Crippen LogP contribution in [0.2, 0.25) is 0 Å². The number of nitrogens with two attached hydrogens (primary N) is 1. The van der Waals surface area contributed by atoms with Gasteiger partial charge in [-0.1, -0.05) is 75.4 Å². The van der Waals surface area contributed by atoms with Crippen LogP contribution < -0.4 is 21.3 Å². The zero-order valence-corrected chi connectivity index (χ0v) is 30.7. The number of amides is 5. The number of hydrogen-bond donors (Lipinski definition) is 5. The van der Waals surface area contributed by atoms with Crippen LogP contribution in [0.5, 0.6) is 0 Å². The molecule has 3 aromatic rings. The number of rotatable bonds is 13. The molecule has 1 heterocycles. The molecular formula is C40H45N5O9. The summed E-state index contributed by atoms with van der Waals surface area (Å²) in [7, 11) is 0. The van der Waals surface area contributed by atoms with Crippen LogP contribution in [0.15, 0.2) is 84.9 Å². The fourth-order valence-corrected chi connectivity index (χ4v) is 6.20. The van der Waals surface area contributed by atoms with Crippen molar-refractivity contribution in [2.75, 3.05) is 11.4 Å². The molecule has 0 saturated carbocycles. The number of benzene rings is 3. The molecule has 0 bridgehead atoms. The second-order valence-corrected chi connectivity index (χ2v) is 14.5. The fourth-order valence-electron chi connectivity index (χ4n) is 6.20. The Morgan fingerprint density at radius 2 is 1.48 bits per heavy atom. The molecule has 284 valence electrons. The van der Waals surface area contributed by atoms with Gasteiger partial charge in [-0.3, -0.25) is 33.6 Å². The summed E-state index contributed by atoms with van der Waals surface area (Å²) in [5, 5.41) is 24.6. The molecule has 14 heteroatoms. The number of carbonyl (C=O) groups is 7. The van der Waals surface area contributed by atoms with Crippen molar-refractivity contribution in [1.29, 1.82) is 0 Å². The molecule has 4 rings (SSSR count). The summed E-state index contributed by atoms with van der Waals surface area (Å²) < 4.78 is 0. The van der Waals surface area contributed by atoms with Crippen LogP contribution in [-0.4, -0.2) is 81.3 Å². The Labute approximate surface area is 313 Å². The Morgan fingerprint density at radius 3 is 2.00 bits per heavy atom. The van der Waals surface area contributed by atoms with E-state index in [1.54, 1.807) is 32.9 Å². The fraction of sp³-hybridized carbons (Fsp3) is 0.325. The Morgan fingerprint density at radius 1 is 0.889 bits per heavy atom. The molecule has 5 amide bonds. The average molecular weight is 740 g/mol. The van der Waals surface area contributed by atoms with Gasteiger partial charge in [0, 0.05) is 36.8 Å². The number of anilines is 1. The number of nitrogens with one attached hydrogen (secondary N) is 2. The first-order valence-corrected chi connectivity index (χ1v) is 17.2. The number of aliphatic carboxylic acids is 2. The maximum Gasteiger partial charge on any atom is 0.325 e. The van der Waals surface area contributed by atoms with Gasteiger partial charge >= 0.3 is 11.9 Å². The van der Waals surface area contributed by atoms with E-state index in [0.717, 1.165) is 12.5 Å². The molecule has 6 N–H and O–H groups in total. The van der Waals surface area contributed by atoms with Gasteiger partial charge in [-0.15, -0.1) is 0 Å². The van der Waals surface area contributed by atoms with Gasteiger partial charge in [0.05, 0.1) is 6.54 Å². The summed E-state index contributed by atoms with van der Waals surface area (Å²) in [6.45, 7) is 7.86. The first kappa shape index (κ1) is 40.5. The first-order chi connectivity index (χ1) is 25.3. The van der Waals surface area contributed by atoms with Gasteiger partial charge in [0.2, 0.25) is 29.5 Å². The number of primary amides is 1. The minimum atomic E-state index is -2.16. The minimum Gasteiger partial charge on any atom is -0.480 e. The zero-order chi connectivity index (χ0) is 40.0. The maximum absolute atomic E-state index is 14.6. The van der Waals surface area contributed by atoms with Crippen LogP contribution in [0, 0.1) is 5.41 Å². The lowest BCUT2D eigenvalue weighted by Gasteiger charge is -2.36. The number of hydrogen-bond acceptors (Lipinski definition) is 7. The monoisotopic (exact) mass is 739 g/mol. The van der Waals surface area contributed by atoms with E-state index >= 15 is 0 Å². The van der Waals surface area contributed by atoms with Gasteiger partial charge in [-0.25, -0.2) is 0 Å². The van der Waals surface area contributed by atoms with Crippen molar-refractivity contribution < 1.29 is 43.8 Å². The summed E-state index contributed by atoms with van der Waals surface area (Å²) >= 11 is 0. The number of likely N-dealkylation sites (tertiary alicyclic amines) is 1. The number of carboxylic acids is 2. The van der Waals surface area contributed by atoms with Crippen LogP contribution in [0.3, 0.4) is 0 Å². The summed E-state index contributed by atoms with van der Waals surface area (Å²) in [5.74, 6) is -5.61. The summed E-state index contributed by atoms with van der Waals surface area (Å²) in [6.07, 6.45) is 2.74. The second-order valence-electron chi connectivity index (χ2n) is 14.5. The van der Waals surface area contributed by atoms with Crippen LogP contribution in [-0.2, 0) is 40.7 Å². The largest absolute Gasteiger partial charge is 0.480 e. The average Bonchev–Trinajstić information content (AvgIpc) is 3.54. The molecule has 0 unspecified atom stereocenters. The highest BCUT2D eigenvalue weighted by Gasteiger charge is 2.46. The molecule has 1 aliphatic heterocycles. The predicted molar refractivity (Wildman–Crippen MR) is 200 cm³/mol. The van der Waals surface area contributed by atoms with Crippen molar-refractivity contribution in [3.05, 3.63) is 107 Å². The lowest BCUT2D eigenvalue weighted by Crippen LogP contribution is -2.58. The molecule has 54 heavy (non-hydrogen) atoms. The number of carboxylic acid groups (broad SMARTS) is 2. The van der Waals surface area contributed by atoms with Crippen molar-refractivity contribution in [1.82, 2.24) is 15.5 Å². The molecule has 0 spiro atoms. The highest BCUT2D eigenvalue weighted by atomic mass is 16.4. The van der Waals surface area contributed by atoms with E-state index in [2.05, 4.69) is 10.6 Å². The maximum atomic E-state index is 14.6. The normalized spacial score (nSPS) is 16.4.